The summed E-state index contributed by atoms with van der Waals surface area (Å²) in [5.74, 6) is 0. The molecule has 5 aromatic carbocycles. The van der Waals surface area contributed by atoms with Crippen LogP contribution >= 0.6 is 36.0 Å². The Balaban J connectivity index is 0.00000291. The Morgan fingerprint density at radius 1 is 0.312 bits per heavy atom. The van der Waals surface area contributed by atoms with Gasteiger partial charge in [-0.3, -0.25) is 0 Å². The summed E-state index contributed by atoms with van der Waals surface area (Å²) in [4.78, 5) is 0. The summed E-state index contributed by atoms with van der Waals surface area (Å²) in [6, 6.07) is 40.4. The second-order valence-corrected chi connectivity index (χ2v) is 32.3. The van der Waals surface area contributed by atoms with Crippen LogP contribution in [0.15, 0.2) is 97.1 Å². The molecule has 0 radical (unpaired) electrons. The molecule has 64 heavy (non-hydrogen) atoms. The average molecular weight is 982 g/mol. The van der Waals surface area contributed by atoms with E-state index in [9.17, 15) is 0 Å². The second kappa shape index (κ2) is 20.0. The number of aryl methyl sites for hydroxylation is 1. The predicted octanol–water partition coefficient (Wildman–Crippen LogP) is 15.4. The van der Waals surface area contributed by atoms with Crippen molar-refractivity contribution >= 4 is 67.9 Å². The molecule has 0 nitrogen and oxygen atoms in total. The molecule has 0 aliphatic rings. The van der Waals surface area contributed by atoms with Crippen molar-refractivity contribution in [2.24, 2.45) is 0 Å². The van der Waals surface area contributed by atoms with Crippen molar-refractivity contribution in [3.05, 3.63) is 142 Å². The van der Waals surface area contributed by atoms with Gasteiger partial charge in [0, 0.05) is 0 Å². The van der Waals surface area contributed by atoms with E-state index in [1.807, 2.05) is 0 Å². The zero-order chi connectivity index (χ0) is 48.8. The van der Waals surface area contributed by atoms with Gasteiger partial charge in [0.2, 0.25) is 0 Å². The zero-order valence-corrected chi connectivity index (χ0v) is 48.5. The van der Waals surface area contributed by atoms with Gasteiger partial charge in [-0.05, 0) is 150 Å². The normalized spacial score (nSPS) is 13.8. The Kier molecular flexibility index (Phi) is 17.0. The molecule has 0 heterocycles. The zero-order valence-electron chi connectivity index (χ0n) is 43.8. The van der Waals surface area contributed by atoms with Crippen LogP contribution in [-0.4, -0.2) is 0 Å². The maximum atomic E-state index is 4.76. The third kappa shape index (κ3) is 13.8. The fraction of sp³-hybridized carbons (Fsp3) is 0.492. The molecule has 0 aromatic heterocycles. The van der Waals surface area contributed by atoms with E-state index in [2.05, 4.69) is 249 Å². The molecule has 0 aliphatic carbocycles. The standard InChI is InChI=1S/C59H82P2.2ClH.Fe/c1-39-27-40(53(2,3)4)32-47(28-39)60(48-33-41(54(5,6)7)29-42(34-48)55(8,9)10)51-25-23-24-26-52(51)61(49-35-43(56(11,12)13)30-44(36-49)57(14,15)16)50-37-45(58(17,18)19)31-46(38-50)59(20,21)22;;;/h23-38H,1-22H3;2*1H;/q;;;+2. The summed E-state index contributed by atoms with van der Waals surface area (Å²) in [5.41, 5.74) is 11.3. The van der Waals surface area contributed by atoms with Crippen LogP contribution in [0.2, 0.25) is 0 Å². The van der Waals surface area contributed by atoms with E-state index in [-0.39, 0.29) is 51.0 Å². The molecule has 0 fully saturated rings. The molecular formula is C59H84Cl2FeP2+2. The Morgan fingerprint density at radius 2 is 0.500 bits per heavy atom. The molecule has 0 bridgehead atoms. The maximum absolute atomic E-state index is 4.76. The molecule has 0 N–H and O–H groups in total. The van der Waals surface area contributed by atoms with E-state index in [0.29, 0.717) is 0 Å². The van der Waals surface area contributed by atoms with E-state index >= 15 is 0 Å². The molecule has 350 valence electrons. The molecule has 0 saturated heterocycles. The Labute approximate surface area is 410 Å². The van der Waals surface area contributed by atoms with Gasteiger partial charge in [-0.15, -0.1) is 0 Å². The minimum atomic E-state index is -1.59. The van der Waals surface area contributed by atoms with Crippen LogP contribution < -0.4 is 31.8 Å². The molecule has 5 aromatic rings. The Morgan fingerprint density at radius 3 is 0.703 bits per heavy atom. The van der Waals surface area contributed by atoms with Gasteiger partial charge in [-0.1, -0.05) is 182 Å². The molecule has 0 amide bonds. The molecule has 5 heteroatoms. The van der Waals surface area contributed by atoms with Crippen molar-refractivity contribution < 1.29 is 13.1 Å². The van der Waals surface area contributed by atoms with E-state index in [1.54, 1.807) is 0 Å². The van der Waals surface area contributed by atoms with Crippen LogP contribution in [0.5, 0.6) is 0 Å². The molecule has 0 spiro atoms. The van der Waals surface area contributed by atoms with Crippen molar-refractivity contribution in [2.45, 2.75) is 190 Å². The fourth-order valence-corrected chi connectivity index (χ4v) is 14.5. The van der Waals surface area contributed by atoms with Gasteiger partial charge in [0.05, 0.1) is 0 Å². The summed E-state index contributed by atoms with van der Waals surface area (Å²) in [6.07, 6.45) is 0. The van der Waals surface area contributed by atoms with Crippen molar-refractivity contribution in [1.29, 1.82) is 0 Å². The van der Waals surface area contributed by atoms with Gasteiger partial charge in [0.1, 0.15) is 47.7 Å². The average Bonchev–Trinajstić information content (AvgIpc) is 3.13. The SMILES string of the molecule is Cc1cc([PH+](c2cc(C(C)(C)C)cc(C(C)(C)C)c2)c2ccccc2[PH+](c2cc(C(C)(C)C)cc(C(C)(C)C)c2)c2cc(C(C)(C)C)cc(C(C)(C)C)c2)cc(C(C)(C)C)c1.[Cl][Fe][Cl]. The first-order chi connectivity index (χ1) is 29.0. The molecule has 5 rings (SSSR count). The molecule has 0 aliphatic heterocycles. The molecule has 0 saturated carbocycles. The van der Waals surface area contributed by atoms with Gasteiger partial charge >= 0.3 is 33.3 Å². The summed E-state index contributed by atoms with van der Waals surface area (Å²) in [6.45, 7) is 52.4. The van der Waals surface area contributed by atoms with Crippen LogP contribution in [0.25, 0.3) is 0 Å². The van der Waals surface area contributed by atoms with Crippen LogP contribution in [0.1, 0.15) is 190 Å². The van der Waals surface area contributed by atoms with Crippen LogP contribution in [0, 0.1) is 6.92 Å². The van der Waals surface area contributed by atoms with E-state index in [1.165, 1.54) is 76.3 Å². The Bertz CT molecular complexity index is 2220. The predicted molar refractivity (Wildman–Crippen MR) is 294 cm³/mol. The van der Waals surface area contributed by atoms with Gasteiger partial charge in [0.15, 0.2) is 0 Å². The number of rotatable bonds is 6. The minimum absolute atomic E-state index is 0.00294. The molecule has 1 atom stereocenters. The van der Waals surface area contributed by atoms with E-state index < -0.39 is 15.8 Å². The summed E-state index contributed by atoms with van der Waals surface area (Å²) in [5, 5.41) is 8.98. The first-order valence-electron chi connectivity index (χ1n) is 23.3. The van der Waals surface area contributed by atoms with E-state index in [4.69, 9.17) is 20.2 Å². The monoisotopic (exact) mass is 980 g/mol. The van der Waals surface area contributed by atoms with Crippen LogP contribution in [0.4, 0.5) is 0 Å². The third-order valence-electron chi connectivity index (χ3n) is 12.6. The number of hydrogen-bond donors (Lipinski definition) is 0. The summed E-state index contributed by atoms with van der Waals surface area (Å²) in [7, 11) is 6.38. The van der Waals surface area contributed by atoms with Gasteiger partial charge < -0.3 is 0 Å². The number of halogens is 2. The second-order valence-electron chi connectivity index (χ2n) is 25.6. The first kappa shape index (κ1) is 54.7. The Hall–Kier alpha value is -1.94. The van der Waals surface area contributed by atoms with E-state index in [0.717, 1.165) is 0 Å². The van der Waals surface area contributed by atoms with Crippen LogP contribution in [0.3, 0.4) is 0 Å². The van der Waals surface area contributed by atoms with Gasteiger partial charge in [-0.2, -0.15) is 0 Å². The van der Waals surface area contributed by atoms with Gasteiger partial charge in [0.25, 0.3) is 0 Å². The first-order valence-corrected chi connectivity index (χ1v) is 29.3. The molecular weight excluding hydrogens is 897 g/mol. The third-order valence-corrected chi connectivity index (χ3v) is 18.2. The quantitative estimate of drug-likeness (QED) is 0.117. The number of benzene rings is 5. The summed E-state index contributed by atoms with van der Waals surface area (Å²) >= 11 is 0.194. The fourth-order valence-electron chi connectivity index (χ4n) is 8.15. The topological polar surface area (TPSA) is 0 Å². The summed E-state index contributed by atoms with van der Waals surface area (Å²) < 4.78 is 0. The van der Waals surface area contributed by atoms with Crippen molar-refractivity contribution in [3.63, 3.8) is 0 Å². The van der Waals surface area contributed by atoms with Crippen molar-refractivity contribution in [2.75, 3.05) is 0 Å². The number of hydrogen-bond acceptors (Lipinski definition) is 0. The molecule has 1 unspecified atom stereocenters. The van der Waals surface area contributed by atoms with Crippen molar-refractivity contribution in [3.8, 4) is 0 Å². The van der Waals surface area contributed by atoms with Crippen molar-refractivity contribution in [1.82, 2.24) is 0 Å². The van der Waals surface area contributed by atoms with Gasteiger partial charge in [-0.25, -0.2) is 0 Å². The van der Waals surface area contributed by atoms with Crippen LogP contribution in [-0.2, 0) is 51.0 Å².